The van der Waals surface area contributed by atoms with Crippen molar-refractivity contribution in [1.29, 1.82) is 0 Å². The molecule has 0 saturated carbocycles. The van der Waals surface area contributed by atoms with Crippen LogP contribution in [-0.2, 0) is 4.79 Å². The molecular weight excluding hydrogens is 244 g/mol. The SMILES string of the molecule is CCCC(C)(C)NC(=O)N1CCC(C)CC1C(=O)O. The predicted octanol–water partition coefficient (Wildman–Crippen LogP) is 2.46. The van der Waals surface area contributed by atoms with Crippen LogP contribution in [0.25, 0.3) is 0 Å². The van der Waals surface area contributed by atoms with Gasteiger partial charge in [0.1, 0.15) is 6.04 Å². The molecule has 5 heteroatoms. The molecule has 2 amide bonds. The van der Waals surface area contributed by atoms with Crippen LogP contribution in [-0.4, -0.2) is 40.1 Å². The van der Waals surface area contributed by atoms with Crippen LogP contribution in [0, 0.1) is 5.92 Å². The van der Waals surface area contributed by atoms with Crippen molar-refractivity contribution in [3.8, 4) is 0 Å². The molecule has 0 aromatic rings. The van der Waals surface area contributed by atoms with Gasteiger partial charge in [0.25, 0.3) is 0 Å². The summed E-state index contributed by atoms with van der Waals surface area (Å²) in [5.74, 6) is -0.552. The Kier molecular flexibility index (Phi) is 5.20. The molecule has 110 valence electrons. The van der Waals surface area contributed by atoms with Gasteiger partial charge < -0.3 is 15.3 Å². The van der Waals surface area contributed by atoms with E-state index in [2.05, 4.69) is 12.2 Å². The Bertz CT molecular complexity index is 342. The third-order valence-corrected chi connectivity index (χ3v) is 3.73. The third kappa shape index (κ3) is 4.40. The zero-order valence-electron chi connectivity index (χ0n) is 12.4. The Morgan fingerprint density at radius 2 is 2.05 bits per heavy atom. The first-order valence-corrected chi connectivity index (χ1v) is 7.08. The molecule has 1 fully saturated rings. The van der Waals surface area contributed by atoms with Crippen molar-refractivity contribution in [3.05, 3.63) is 0 Å². The summed E-state index contributed by atoms with van der Waals surface area (Å²) in [4.78, 5) is 25.0. The van der Waals surface area contributed by atoms with Gasteiger partial charge in [-0.15, -0.1) is 0 Å². The summed E-state index contributed by atoms with van der Waals surface area (Å²) >= 11 is 0. The number of aliphatic carboxylic acids is 1. The highest BCUT2D eigenvalue weighted by molar-refractivity contribution is 5.83. The first-order chi connectivity index (χ1) is 8.76. The summed E-state index contributed by atoms with van der Waals surface area (Å²) in [6.45, 7) is 8.56. The normalized spacial score (nSPS) is 24.1. The van der Waals surface area contributed by atoms with Crippen LogP contribution in [0.15, 0.2) is 0 Å². The van der Waals surface area contributed by atoms with Crippen molar-refractivity contribution in [2.75, 3.05) is 6.54 Å². The molecule has 2 unspecified atom stereocenters. The Morgan fingerprint density at radius 1 is 1.42 bits per heavy atom. The molecule has 1 saturated heterocycles. The fourth-order valence-corrected chi connectivity index (χ4v) is 2.67. The van der Waals surface area contributed by atoms with E-state index in [4.69, 9.17) is 0 Å². The lowest BCUT2D eigenvalue weighted by Gasteiger charge is -2.38. The van der Waals surface area contributed by atoms with E-state index in [1.165, 1.54) is 4.90 Å². The highest BCUT2D eigenvalue weighted by Crippen LogP contribution is 2.23. The average Bonchev–Trinajstić information content (AvgIpc) is 2.27. The minimum Gasteiger partial charge on any atom is -0.480 e. The van der Waals surface area contributed by atoms with E-state index < -0.39 is 12.0 Å². The Morgan fingerprint density at radius 3 is 2.58 bits per heavy atom. The quantitative estimate of drug-likeness (QED) is 0.824. The fourth-order valence-electron chi connectivity index (χ4n) is 2.67. The number of carbonyl (C=O) groups is 2. The van der Waals surface area contributed by atoms with Gasteiger partial charge in [0, 0.05) is 12.1 Å². The largest absolute Gasteiger partial charge is 0.480 e. The number of urea groups is 1. The second-order valence-corrected chi connectivity index (χ2v) is 6.24. The number of hydrogen-bond donors (Lipinski definition) is 2. The molecule has 1 aliphatic heterocycles. The molecule has 1 heterocycles. The van der Waals surface area contributed by atoms with Gasteiger partial charge in [0.15, 0.2) is 0 Å². The van der Waals surface area contributed by atoms with Gasteiger partial charge in [-0.25, -0.2) is 9.59 Å². The van der Waals surface area contributed by atoms with Crippen molar-refractivity contribution in [1.82, 2.24) is 10.2 Å². The lowest BCUT2D eigenvalue weighted by atomic mass is 9.92. The molecule has 0 aliphatic carbocycles. The van der Waals surface area contributed by atoms with Gasteiger partial charge in [-0.2, -0.15) is 0 Å². The monoisotopic (exact) mass is 270 g/mol. The summed E-state index contributed by atoms with van der Waals surface area (Å²) < 4.78 is 0. The van der Waals surface area contributed by atoms with Gasteiger partial charge in [0.2, 0.25) is 0 Å². The van der Waals surface area contributed by atoms with Crippen LogP contribution in [0.4, 0.5) is 4.79 Å². The van der Waals surface area contributed by atoms with Crippen molar-refractivity contribution in [3.63, 3.8) is 0 Å². The van der Waals surface area contributed by atoms with Crippen molar-refractivity contribution < 1.29 is 14.7 Å². The zero-order chi connectivity index (χ0) is 14.6. The van der Waals surface area contributed by atoms with E-state index in [9.17, 15) is 14.7 Å². The second-order valence-electron chi connectivity index (χ2n) is 6.24. The van der Waals surface area contributed by atoms with E-state index >= 15 is 0 Å². The van der Waals surface area contributed by atoms with Gasteiger partial charge in [-0.1, -0.05) is 20.3 Å². The Labute approximate surface area is 115 Å². The minimum absolute atomic E-state index is 0.252. The number of carboxylic acids is 1. The first kappa shape index (κ1) is 15.8. The molecule has 2 atom stereocenters. The number of nitrogens with one attached hydrogen (secondary N) is 1. The number of carbonyl (C=O) groups excluding carboxylic acids is 1. The molecule has 0 radical (unpaired) electrons. The zero-order valence-corrected chi connectivity index (χ0v) is 12.4. The highest BCUT2D eigenvalue weighted by atomic mass is 16.4. The fraction of sp³-hybridized carbons (Fsp3) is 0.857. The maximum atomic E-state index is 12.3. The van der Waals surface area contributed by atoms with E-state index in [1.54, 1.807) is 0 Å². The number of hydrogen-bond acceptors (Lipinski definition) is 2. The molecule has 0 aromatic carbocycles. The average molecular weight is 270 g/mol. The standard InChI is InChI=1S/C14H26N2O3/c1-5-7-14(3,4)15-13(19)16-8-6-10(2)9-11(16)12(17)18/h10-11H,5-9H2,1-4H3,(H,15,19)(H,17,18). The molecule has 1 aliphatic rings. The summed E-state index contributed by atoms with van der Waals surface area (Å²) in [7, 11) is 0. The first-order valence-electron chi connectivity index (χ1n) is 7.08. The highest BCUT2D eigenvalue weighted by Gasteiger charge is 2.36. The van der Waals surface area contributed by atoms with Crippen molar-refractivity contribution >= 4 is 12.0 Å². The number of likely N-dealkylation sites (tertiary alicyclic amines) is 1. The van der Waals surface area contributed by atoms with Crippen molar-refractivity contribution in [2.24, 2.45) is 5.92 Å². The van der Waals surface area contributed by atoms with Gasteiger partial charge in [0.05, 0.1) is 0 Å². The number of nitrogens with zero attached hydrogens (tertiary/aromatic N) is 1. The van der Waals surface area contributed by atoms with Crippen LogP contribution < -0.4 is 5.32 Å². The molecular formula is C14H26N2O3. The maximum absolute atomic E-state index is 12.3. The molecule has 0 aromatic heterocycles. The number of amides is 2. The smallest absolute Gasteiger partial charge is 0.326 e. The van der Waals surface area contributed by atoms with Gasteiger partial charge >= 0.3 is 12.0 Å². The molecule has 0 spiro atoms. The summed E-state index contributed by atoms with van der Waals surface area (Å²) in [5, 5.41) is 12.2. The molecule has 19 heavy (non-hydrogen) atoms. The van der Waals surface area contributed by atoms with Crippen LogP contribution in [0.5, 0.6) is 0 Å². The van der Waals surface area contributed by atoms with Crippen LogP contribution >= 0.6 is 0 Å². The third-order valence-electron chi connectivity index (χ3n) is 3.73. The van der Waals surface area contributed by atoms with Gasteiger partial charge in [-0.3, -0.25) is 0 Å². The lowest BCUT2D eigenvalue weighted by molar-refractivity contribution is -0.143. The summed E-state index contributed by atoms with van der Waals surface area (Å²) in [6, 6.07) is -0.945. The van der Waals surface area contributed by atoms with E-state index in [1.807, 2.05) is 20.8 Å². The number of carboxylic acid groups (broad SMARTS) is 1. The minimum atomic E-state index is -0.907. The van der Waals surface area contributed by atoms with Crippen LogP contribution in [0.2, 0.25) is 0 Å². The van der Waals surface area contributed by atoms with E-state index in [-0.39, 0.29) is 11.6 Å². The van der Waals surface area contributed by atoms with Crippen molar-refractivity contribution in [2.45, 2.75) is 65.0 Å². The van der Waals surface area contributed by atoms with E-state index in [0.29, 0.717) is 18.9 Å². The molecule has 2 N–H and O–H groups in total. The number of rotatable bonds is 4. The number of piperidine rings is 1. The van der Waals surface area contributed by atoms with Crippen LogP contribution in [0.3, 0.4) is 0 Å². The Balaban J connectivity index is 2.71. The summed E-state index contributed by atoms with van der Waals surface area (Å²) in [5.41, 5.74) is -0.294. The van der Waals surface area contributed by atoms with Gasteiger partial charge in [-0.05, 0) is 39.0 Å². The lowest BCUT2D eigenvalue weighted by Crippen LogP contribution is -2.57. The summed E-state index contributed by atoms with van der Waals surface area (Å²) in [6.07, 6.45) is 3.26. The topological polar surface area (TPSA) is 69.6 Å². The van der Waals surface area contributed by atoms with E-state index in [0.717, 1.165) is 19.3 Å². The second kappa shape index (κ2) is 6.26. The predicted molar refractivity (Wildman–Crippen MR) is 74.0 cm³/mol. The van der Waals surface area contributed by atoms with Crippen LogP contribution in [0.1, 0.15) is 53.4 Å². The maximum Gasteiger partial charge on any atom is 0.326 e. The molecule has 0 bridgehead atoms. The Hall–Kier alpha value is -1.26. The molecule has 1 rings (SSSR count). The molecule has 5 nitrogen and oxygen atoms in total.